The number of rotatable bonds is 13. The van der Waals surface area contributed by atoms with Crippen molar-refractivity contribution in [1.29, 1.82) is 0 Å². The van der Waals surface area contributed by atoms with Crippen LogP contribution < -0.4 is 10.1 Å². The first-order chi connectivity index (χ1) is 17.4. The number of allylic oxidation sites excluding steroid dienone is 1. The fourth-order valence-electron chi connectivity index (χ4n) is 5.48. The molecule has 196 valence electrons. The topological polar surface area (TPSA) is 96.8 Å². The molecule has 0 unspecified atom stereocenters. The highest BCUT2D eigenvalue weighted by molar-refractivity contribution is 6.03. The first-order valence-corrected chi connectivity index (χ1v) is 13.7. The molecule has 36 heavy (non-hydrogen) atoms. The largest absolute Gasteiger partial charge is 0.464 e. The fraction of sp³-hybridized carbons (Fsp3) is 0.679. The average molecular weight is 496 g/mol. The highest BCUT2D eigenvalue weighted by atomic mass is 16.5. The van der Waals surface area contributed by atoms with Crippen molar-refractivity contribution < 1.29 is 14.3 Å². The van der Waals surface area contributed by atoms with Crippen LogP contribution in [-0.2, 0) is 9.59 Å². The number of ether oxygens (including phenoxy) is 1. The summed E-state index contributed by atoms with van der Waals surface area (Å²) in [4.78, 5) is 40.6. The summed E-state index contributed by atoms with van der Waals surface area (Å²) in [5.41, 5.74) is 3.18. The molecule has 0 aromatic carbocycles. The molecule has 8 heteroatoms. The standard InChI is InChI=1S/C28H41N5O3/c1-4-22(34)9-7-6-8-10-24(32-26(35)23-16-28(23)11-13-33(3)14-12-28)25-15-20(17-29-25)21-18-30-27(31-19-21)36-5-2/h17-19,23-24H,4-16H2,1-3H3,(H,32,35)/t23-,24+/m1/s1. The molecule has 1 spiro atoms. The van der Waals surface area contributed by atoms with Crippen molar-refractivity contribution in [2.75, 3.05) is 26.7 Å². The van der Waals surface area contributed by atoms with Gasteiger partial charge in [-0.15, -0.1) is 0 Å². The van der Waals surface area contributed by atoms with Crippen LogP contribution in [0.1, 0.15) is 83.6 Å². The molecule has 8 nitrogen and oxygen atoms in total. The zero-order valence-corrected chi connectivity index (χ0v) is 22.1. The van der Waals surface area contributed by atoms with E-state index in [4.69, 9.17) is 9.73 Å². The molecule has 3 aliphatic rings. The Balaban J connectivity index is 1.35. The van der Waals surface area contributed by atoms with Gasteiger partial charge >= 0.3 is 6.01 Å². The van der Waals surface area contributed by atoms with Gasteiger partial charge < -0.3 is 15.0 Å². The van der Waals surface area contributed by atoms with Gasteiger partial charge in [-0.1, -0.05) is 19.8 Å². The molecule has 1 aromatic rings. The number of nitrogens with one attached hydrogen (secondary N) is 1. The van der Waals surface area contributed by atoms with Gasteiger partial charge in [0.25, 0.3) is 0 Å². The molecule has 3 heterocycles. The predicted octanol–water partition coefficient (Wildman–Crippen LogP) is 4.21. The number of hydrogen-bond donors (Lipinski definition) is 1. The molecule has 1 N–H and O–H groups in total. The highest BCUT2D eigenvalue weighted by Crippen LogP contribution is 2.59. The number of nitrogens with zero attached hydrogens (tertiary/aromatic N) is 4. The smallest absolute Gasteiger partial charge is 0.316 e. The molecule has 2 aliphatic heterocycles. The van der Waals surface area contributed by atoms with Crippen LogP contribution >= 0.6 is 0 Å². The Morgan fingerprint density at radius 3 is 2.61 bits per heavy atom. The van der Waals surface area contributed by atoms with E-state index in [-0.39, 0.29) is 23.3 Å². The van der Waals surface area contributed by atoms with Crippen LogP contribution in [0.5, 0.6) is 6.01 Å². The number of carbonyl (C=O) groups is 2. The Morgan fingerprint density at radius 2 is 1.92 bits per heavy atom. The van der Waals surface area contributed by atoms with E-state index in [1.807, 2.05) is 20.0 Å². The monoisotopic (exact) mass is 495 g/mol. The van der Waals surface area contributed by atoms with Crippen LogP contribution in [0.2, 0.25) is 0 Å². The first kappa shape index (κ1) is 26.5. The third kappa shape index (κ3) is 6.58. The summed E-state index contributed by atoms with van der Waals surface area (Å²) < 4.78 is 5.35. The summed E-state index contributed by atoms with van der Waals surface area (Å²) in [6, 6.07) is 0.292. The van der Waals surface area contributed by atoms with E-state index in [2.05, 4.69) is 27.2 Å². The van der Waals surface area contributed by atoms with Crippen LogP contribution in [0.3, 0.4) is 0 Å². The normalized spacial score (nSPS) is 21.6. The van der Waals surface area contributed by atoms with Gasteiger partial charge in [-0.25, -0.2) is 9.97 Å². The number of Topliss-reactive ketones (excluding diaryl/α,β-unsaturated/α-hetero) is 1. The highest BCUT2D eigenvalue weighted by Gasteiger charge is 2.58. The van der Waals surface area contributed by atoms with E-state index in [1.54, 1.807) is 12.4 Å². The Kier molecular flexibility index (Phi) is 8.88. The summed E-state index contributed by atoms with van der Waals surface area (Å²) in [6.07, 6.45) is 14.3. The Morgan fingerprint density at radius 1 is 1.17 bits per heavy atom. The minimum atomic E-state index is -0.0827. The predicted molar refractivity (Wildman–Crippen MR) is 141 cm³/mol. The van der Waals surface area contributed by atoms with E-state index >= 15 is 0 Å². The van der Waals surface area contributed by atoms with Crippen LogP contribution in [-0.4, -0.2) is 65.1 Å². The zero-order chi connectivity index (χ0) is 25.5. The van der Waals surface area contributed by atoms with Crippen LogP contribution in [0.25, 0.3) is 5.57 Å². The number of piperidine rings is 1. The van der Waals surface area contributed by atoms with Crippen LogP contribution in [0.4, 0.5) is 0 Å². The van der Waals surface area contributed by atoms with Crippen molar-refractivity contribution >= 4 is 23.0 Å². The second-order valence-corrected chi connectivity index (χ2v) is 10.6. The van der Waals surface area contributed by atoms with Crippen LogP contribution in [0, 0.1) is 11.3 Å². The number of aromatic nitrogens is 2. The molecular formula is C28H41N5O3. The van der Waals surface area contributed by atoms with Gasteiger partial charge in [0.2, 0.25) is 5.91 Å². The van der Waals surface area contributed by atoms with Crippen LogP contribution in [0.15, 0.2) is 23.6 Å². The zero-order valence-electron chi connectivity index (χ0n) is 22.1. The number of amides is 1. The van der Waals surface area contributed by atoms with Gasteiger partial charge in [0.15, 0.2) is 0 Å². The van der Waals surface area contributed by atoms with Gasteiger partial charge in [0, 0.05) is 55.0 Å². The van der Waals surface area contributed by atoms with Crippen molar-refractivity contribution in [3.63, 3.8) is 0 Å². The maximum absolute atomic E-state index is 13.3. The number of ketones is 1. The first-order valence-electron chi connectivity index (χ1n) is 13.7. The second kappa shape index (κ2) is 12.1. The van der Waals surface area contributed by atoms with Crippen molar-refractivity contribution in [2.45, 2.75) is 84.1 Å². The van der Waals surface area contributed by atoms with Crippen molar-refractivity contribution in [2.24, 2.45) is 16.3 Å². The van der Waals surface area contributed by atoms with Gasteiger partial charge in [-0.3, -0.25) is 14.6 Å². The number of likely N-dealkylation sites (tertiary alicyclic amines) is 1. The molecule has 0 radical (unpaired) electrons. The number of hydrogen-bond acceptors (Lipinski definition) is 7. The Hall–Kier alpha value is -2.61. The van der Waals surface area contributed by atoms with E-state index < -0.39 is 0 Å². The lowest BCUT2D eigenvalue weighted by Gasteiger charge is -2.30. The maximum Gasteiger partial charge on any atom is 0.316 e. The molecule has 1 amide bonds. The Labute approximate surface area is 215 Å². The molecule has 2 atom stereocenters. The summed E-state index contributed by atoms with van der Waals surface area (Å²) in [7, 11) is 2.16. The average Bonchev–Trinajstić information content (AvgIpc) is 3.36. The van der Waals surface area contributed by atoms with Gasteiger partial charge in [0.05, 0.1) is 12.6 Å². The lowest BCUT2D eigenvalue weighted by Crippen LogP contribution is -2.43. The number of carbonyl (C=O) groups excluding carboxylic acids is 2. The summed E-state index contributed by atoms with van der Waals surface area (Å²) in [5, 5.41) is 3.38. The molecule has 2 fully saturated rings. The third-order valence-corrected chi connectivity index (χ3v) is 8.08. The quantitative estimate of drug-likeness (QED) is 0.412. The SMILES string of the molecule is CCOc1ncc(C2=CN=C([C@H](CCCCCC(=O)CC)NC(=O)[C@H]3CC34CCN(C)CC4)C2)cn1. The lowest BCUT2D eigenvalue weighted by molar-refractivity contribution is -0.123. The Bertz CT molecular complexity index is 979. The summed E-state index contributed by atoms with van der Waals surface area (Å²) >= 11 is 0. The maximum atomic E-state index is 13.3. The number of aliphatic imine (C=N–C) groups is 1. The molecule has 1 saturated heterocycles. The molecule has 4 rings (SSSR count). The van der Waals surface area contributed by atoms with Gasteiger partial charge in [0.1, 0.15) is 5.78 Å². The fourth-order valence-corrected chi connectivity index (χ4v) is 5.48. The van der Waals surface area contributed by atoms with E-state index in [0.29, 0.717) is 37.7 Å². The van der Waals surface area contributed by atoms with Crippen molar-refractivity contribution in [3.8, 4) is 6.01 Å². The summed E-state index contributed by atoms with van der Waals surface area (Å²) in [6.45, 7) is 6.51. The molecule has 1 saturated carbocycles. The molecule has 0 bridgehead atoms. The summed E-state index contributed by atoms with van der Waals surface area (Å²) in [5.74, 6) is 0.639. The lowest BCUT2D eigenvalue weighted by atomic mass is 9.90. The van der Waals surface area contributed by atoms with Crippen molar-refractivity contribution in [3.05, 3.63) is 24.2 Å². The van der Waals surface area contributed by atoms with E-state index in [1.165, 1.54) is 0 Å². The molecule has 1 aromatic heterocycles. The second-order valence-electron chi connectivity index (χ2n) is 10.6. The van der Waals surface area contributed by atoms with Crippen molar-refractivity contribution in [1.82, 2.24) is 20.2 Å². The molecular weight excluding hydrogens is 454 g/mol. The van der Waals surface area contributed by atoms with Gasteiger partial charge in [-0.2, -0.15) is 0 Å². The van der Waals surface area contributed by atoms with Gasteiger partial charge in [-0.05, 0) is 70.2 Å². The minimum absolute atomic E-state index is 0.0827. The van der Waals surface area contributed by atoms with E-state index in [9.17, 15) is 9.59 Å². The number of unbranched alkanes of at least 4 members (excludes halogenated alkanes) is 2. The minimum Gasteiger partial charge on any atom is -0.464 e. The van der Waals surface area contributed by atoms with E-state index in [0.717, 1.165) is 74.9 Å². The third-order valence-electron chi connectivity index (χ3n) is 8.08. The molecule has 1 aliphatic carbocycles.